The fourth-order valence-electron chi connectivity index (χ4n) is 2.17. The van der Waals surface area contributed by atoms with Gasteiger partial charge >= 0.3 is 0 Å². The van der Waals surface area contributed by atoms with Gasteiger partial charge in [0, 0.05) is 31.8 Å². The largest absolute Gasteiger partial charge is 0.375 e. The number of hydrogen-bond acceptors (Lipinski definition) is 4. The smallest absolute Gasteiger partial charge is 0.191 e. The zero-order chi connectivity index (χ0) is 16.5. The minimum Gasteiger partial charge on any atom is -0.375 e. The number of aromatic nitrogens is 1. The van der Waals surface area contributed by atoms with E-state index in [0.717, 1.165) is 23.0 Å². The maximum atomic E-state index is 5.56. The number of aryl methyl sites for hydroxylation is 1. The summed E-state index contributed by atoms with van der Waals surface area (Å²) in [5, 5.41) is 7.65. The van der Waals surface area contributed by atoms with E-state index < -0.39 is 0 Å². The van der Waals surface area contributed by atoms with Crippen molar-refractivity contribution in [2.24, 2.45) is 4.99 Å². The molecule has 1 unspecified atom stereocenters. The Kier molecular flexibility index (Phi) is 7.03. The molecule has 1 aromatic heterocycles. The Bertz CT molecular complexity index is 612. The maximum absolute atomic E-state index is 5.56. The Hall–Kier alpha value is -1.92. The van der Waals surface area contributed by atoms with E-state index in [4.69, 9.17) is 4.74 Å². The minimum atomic E-state index is -0.0127. The molecular formula is C17H24N4OS. The number of nitrogens with zero attached hydrogens (tertiary/aromatic N) is 2. The molecule has 2 rings (SSSR count). The molecule has 23 heavy (non-hydrogen) atoms. The van der Waals surface area contributed by atoms with Crippen molar-refractivity contribution >= 4 is 17.3 Å². The normalized spacial score (nSPS) is 12.9. The highest BCUT2D eigenvalue weighted by molar-refractivity contribution is 7.11. The summed E-state index contributed by atoms with van der Waals surface area (Å²) in [5.74, 6) is 0.747. The number of aliphatic imine (C=N–C) groups is 1. The predicted molar refractivity (Wildman–Crippen MR) is 95.9 cm³/mol. The van der Waals surface area contributed by atoms with Gasteiger partial charge < -0.3 is 15.4 Å². The lowest BCUT2D eigenvalue weighted by Crippen LogP contribution is -2.39. The van der Waals surface area contributed by atoms with Crippen LogP contribution in [0.5, 0.6) is 0 Å². The summed E-state index contributed by atoms with van der Waals surface area (Å²) in [6, 6.07) is 10.2. The number of ether oxygens (including phenoxy) is 1. The Labute approximate surface area is 141 Å². The molecule has 0 aliphatic heterocycles. The van der Waals surface area contributed by atoms with Crippen LogP contribution < -0.4 is 10.6 Å². The second kappa shape index (κ2) is 9.27. The van der Waals surface area contributed by atoms with Crippen molar-refractivity contribution in [3.63, 3.8) is 0 Å². The van der Waals surface area contributed by atoms with Crippen LogP contribution in [0.1, 0.15) is 28.5 Å². The summed E-state index contributed by atoms with van der Waals surface area (Å²) in [7, 11) is 3.48. The molecule has 1 aromatic carbocycles. The number of benzene rings is 1. The van der Waals surface area contributed by atoms with E-state index in [1.54, 1.807) is 25.5 Å². The van der Waals surface area contributed by atoms with Gasteiger partial charge in [-0.15, -0.1) is 11.3 Å². The van der Waals surface area contributed by atoms with E-state index in [0.29, 0.717) is 13.1 Å². The summed E-state index contributed by atoms with van der Waals surface area (Å²) in [6.07, 6.45) is 2.95. The highest BCUT2D eigenvalue weighted by Gasteiger charge is 2.11. The van der Waals surface area contributed by atoms with Crippen molar-refractivity contribution in [3.05, 3.63) is 52.0 Å². The molecule has 0 amide bonds. The molecule has 0 spiro atoms. The third-order valence-corrected chi connectivity index (χ3v) is 4.63. The summed E-state index contributed by atoms with van der Waals surface area (Å²) in [5.41, 5.74) is 1.14. The molecule has 5 nitrogen and oxygen atoms in total. The fraction of sp³-hybridized carbons (Fsp3) is 0.412. The van der Waals surface area contributed by atoms with Crippen molar-refractivity contribution < 1.29 is 4.74 Å². The molecule has 6 heteroatoms. The summed E-state index contributed by atoms with van der Waals surface area (Å²) < 4.78 is 5.56. The Morgan fingerprint density at radius 1 is 1.30 bits per heavy atom. The van der Waals surface area contributed by atoms with Gasteiger partial charge in [0.25, 0.3) is 0 Å². The third-order valence-electron chi connectivity index (χ3n) is 3.49. The molecule has 0 saturated heterocycles. The number of hydrogen-bond donors (Lipinski definition) is 2. The monoisotopic (exact) mass is 332 g/mol. The van der Waals surface area contributed by atoms with E-state index in [1.807, 2.05) is 24.4 Å². The Balaban J connectivity index is 1.84. The quantitative estimate of drug-likeness (QED) is 0.605. The zero-order valence-electron chi connectivity index (χ0n) is 13.9. The lowest BCUT2D eigenvalue weighted by atomic mass is 10.1. The number of guanidine groups is 1. The molecule has 0 aliphatic rings. The first-order valence-corrected chi connectivity index (χ1v) is 8.54. The third kappa shape index (κ3) is 5.33. The molecule has 124 valence electrons. The van der Waals surface area contributed by atoms with E-state index >= 15 is 0 Å². The highest BCUT2D eigenvalue weighted by Crippen LogP contribution is 2.15. The standard InChI is InChI=1S/C17H24N4OS/c1-4-14-10-19-16(23-14)12-21-17(18-2)20-11-15(22-3)13-8-6-5-7-9-13/h5-10,15H,4,11-12H2,1-3H3,(H2,18,20,21). The van der Waals surface area contributed by atoms with E-state index in [9.17, 15) is 0 Å². The predicted octanol–water partition coefficient (Wildman–Crippen LogP) is 2.76. The van der Waals surface area contributed by atoms with Crippen LogP contribution in [0.4, 0.5) is 0 Å². The molecular weight excluding hydrogens is 308 g/mol. The average Bonchev–Trinajstić information content (AvgIpc) is 3.07. The second-order valence-electron chi connectivity index (χ2n) is 5.02. The van der Waals surface area contributed by atoms with Gasteiger partial charge in [-0.1, -0.05) is 37.3 Å². The first kappa shape index (κ1) is 17.4. The van der Waals surface area contributed by atoms with Gasteiger partial charge in [-0.05, 0) is 12.0 Å². The first-order valence-electron chi connectivity index (χ1n) is 7.72. The summed E-state index contributed by atoms with van der Waals surface area (Å²) in [4.78, 5) is 9.95. The van der Waals surface area contributed by atoms with E-state index in [1.165, 1.54) is 4.88 Å². The van der Waals surface area contributed by atoms with Gasteiger partial charge in [0.05, 0.1) is 12.6 Å². The Morgan fingerprint density at radius 2 is 2.09 bits per heavy atom. The lowest BCUT2D eigenvalue weighted by Gasteiger charge is -2.18. The maximum Gasteiger partial charge on any atom is 0.191 e. The fourth-order valence-corrected chi connectivity index (χ4v) is 2.97. The summed E-state index contributed by atoms with van der Waals surface area (Å²) >= 11 is 1.73. The lowest BCUT2D eigenvalue weighted by molar-refractivity contribution is 0.106. The number of rotatable bonds is 7. The van der Waals surface area contributed by atoms with Gasteiger partial charge in [0.15, 0.2) is 5.96 Å². The van der Waals surface area contributed by atoms with Gasteiger partial charge in [-0.25, -0.2) is 4.98 Å². The number of thiazole rings is 1. The molecule has 0 bridgehead atoms. The van der Waals surface area contributed by atoms with Crippen molar-refractivity contribution in [3.8, 4) is 0 Å². The van der Waals surface area contributed by atoms with Crippen LogP contribution in [0.15, 0.2) is 41.5 Å². The molecule has 0 aliphatic carbocycles. The van der Waals surface area contributed by atoms with Gasteiger partial charge in [0.2, 0.25) is 0 Å². The van der Waals surface area contributed by atoms with Crippen LogP contribution in [-0.4, -0.2) is 31.6 Å². The van der Waals surface area contributed by atoms with Crippen LogP contribution in [0, 0.1) is 0 Å². The van der Waals surface area contributed by atoms with Crippen molar-refractivity contribution in [2.75, 3.05) is 20.7 Å². The van der Waals surface area contributed by atoms with Crippen LogP contribution in [-0.2, 0) is 17.7 Å². The Morgan fingerprint density at radius 3 is 2.70 bits per heavy atom. The summed E-state index contributed by atoms with van der Waals surface area (Å²) in [6.45, 7) is 3.46. The SMILES string of the molecule is CCc1cnc(CNC(=NC)NCC(OC)c2ccccc2)s1. The molecule has 1 heterocycles. The van der Waals surface area contributed by atoms with Gasteiger partial charge in [0.1, 0.15) is 5.01 Å². The van der Waals surface area contributed by atoms with Crippen molar-refractivity contribution in [1.82, 2.24) is 15.6 Å². The van der Waals surface area contributed by atoms with Crippen LogP contribution in [0.25, 0.3) is 0 Å². The van der Waals surface area contributed by atoms with Gasteiger partial charge in [-0.2, -0.15) is 0 Å². The van der Waals surface area contributed by atoms with Gasteiger partial charge in [-0.3, -0.25) is 4.99 Å². The zero-order valence-corrected chi connectivity index (χ0v) is 14.7. The highest BCUT2D eigenvalue weighted by atomic mass is 32.1. The topological polar surface area (TPSA) is 58.5 Å². The molecule has 2 aromatic rings. The molecule has 1 atom stereocenters. The molecule has 0 fully saturated rings. The van der Waals surface area contributed by atoms with Crippen LogP contribution >= 0.6 is 11.3 Å². The van der Waals surface area contributed by atoms with E-state index in [2.05, 4.69) is 39.7 Å². The molecule has 2 N–H and O–H groups in total. The number of methoxy groups -OCH3 is 1. The molecule has 0 radical (unpaired) electrons. The van der Waals surface area contributed by atoms with E-state index in [-0.39, 0.29) is 6.10 Å². The van der Waals surface area contributed by atoms with Crippen molar-refractivity contribution in [2.45, 2.75) is 26.0 Å². The van der Waals surface area contributed by atoms with Crippen molar-refractivity contribution in [1.29, 1.82) is 0 Å². The first-order chi connectivity index (χ1) is 11.3. The van der Waals surface area contributed by atoms with Crippen LogP contribution in [0.3, 0.4) is 0 Å². The van der Waals surface area contributed by atoms with Crippen LogP contribution in [0.2, 0.25) is 0 Å². The minimum absolute atomic E-state index is 0.0127. The average molecular weight is 332 g/mol. The number of nitrogens with one attached hydrogen (secondary N) is 2. The molecule has 0 saturated carbocycles. The second-order valence-corrected chi connectivity index (χ2v) is 6.22.